The van der Waals surface area contributed by atoms with Crippen molar-refractivity contribution >= 4 is 52.2 Å². The molecule has 3 rings (SSSR count). The SMILES string of the molecule is COc1ccc(/C=C2/SC(=O)N(CC(=O)Nc3ccc(F)c(Cl)c3)C2=O)cc1OC. The van der Waals surface area contributed by atoms with Gasteiger partial charge in [-0.1, -0.05) is 17.7 Å². The lowest BCUT2D eigenvalue weighted by Crippen LogP contribution is -2.36. The number of methoxy groups -OCH3 is 2. The lowest BCUT2D eigenvalue weighted by molar-refractivity contribution is -0.127. The van der Waals surface area contributed by atoms with E-state index in [4.69, 9.17) is 21.1 Å². The quantitative estimate of drug-likeness (QED) is 0.665. The normalized spacial score (nSPS) is 14.9. The van der Waals surface area contributed by atoms with E-state index in [0.29, 0.717) is 17.1 Å². The fourth-order valence-electron chi connectivity index (χ4n) is 2.65. The van der Waals surface area contributed by atoms with Gasteiger partial charge in [0.1, 0.15) is 12.4 Å². The van der Waals surface area contributed by atoms with Crippen molar-refractivity contribution in [2.75, 3.05) is 26.1 Å². The first-order valence-corrected chi connectivity index (χ1v) is 9.74. The standard InChI is InChI=1S/C20H16ClFN2O5S/c1-28-15-6-3-11(7-16(15)29-2)8-17-19(26)24(20(27)30-17)10-18(25)23-12-4-5-14(22)13(21)9-12/h3-9H,10H2,1-2H3,(H,23,25)/b17-8+. The smallest absolute Gasteiger partial charge is 0.294 e. The largest absolute Gasteiger partial charge is 0.493 e. The van der Waals surface area contributed by atoms with Gasteiger partial charge in [-0.2, -0.15) is 0 Å². The van der Waals surface area contributed by atoms with Crippen LogP contribution in [0.4, 0.5) is 14.9 Å². The number of hydrogen-bond donors (Lipinski definition) is 1. The van der Waals surface area contributed by atoms with Crippen LogP contribution in [0.3, 0.4) is 0 Å². The van der Waals surface area contributed by atoms with Gasteiger partial charge in [0, 0.05) is 5.69 Å². The van der Waals surface area contributed by atoms with Crippen molar-refractivity contribution in [2.24, 2.45) is 0 Å². The van der Waals surface area contributed by atoms with Gasteiger partial charge >= 0.3 is 0 Å². The number of rotatable bonds is 6. The molecule has 0 aromatic heterocycles. The van der Waals surface area contributed by atoms with E-state index in [1.807, 2.05) is 0 Å². The van der Waals surface area contributed by atoms with Crippen LogP contribution in [-0.2, 0) is 9.59 Å². The highest BCUT2D eigenvalue weighted by Crippen LogP contribution is 2.34. The van der Waals surface area contributed by atoms with Gasteiger partial charge in [0.25, 0.3) is 11.1 Å². The van der Waals surface area contributed by atoms with Crippen LogP contribution < -0.4 is 14.8 Å². The van der Waals surface area contributed by atoms with Crippen LogP contribution in [0.1, 0.15) is 5.56 Å². The van der Waals surface area contributed by atoms with E-state index >= 15 is 0 Å². The maximum absolute atomic E-state index is 13.2. The highest BCUT2D eigenvalue weighted by Gasteiger charge is 2.36. The number of halogens is 2. The Hall–Kier alpha value is -3.04. The summed E-state index contributed by atoms with van der Waals surface area (Å²) in [5.74, 6) is -0.830. The summed E-state index contributed by atoms with van der Waals surface area (Å²) in [4.78, 5) is 38.0. The molecule has 10 heteroatoms. The first kappa shape index (κ1) is 21.7. The lowest BCUT2D eigenvalue weighted by Gasteiger charge is -2.12. The maximum atomic E-state index is 13.2. The number of benzene rings is 2. The Kier molecular flexibility index (Phi) is 6.63. The Morgan fingerprint density at radius 1 is 1.17 bits per heavy atom. The summed E-state index contributed by atoms with van der Waals surface area (Å²) in [6.45, 7) is -0.483. The first-order chi connectivity index (χ1) is 14.3. The van der Waals surface area contributed by atoms with Crippen LogP contribution in [0.5, 0.6) is 11.5 Å². The van der Waals surface area contributed by atoms with E-state index < -0.39 is 29.4 Å². The van der Waals surface area contributed by atoms with Gasteiger partial charge in [0.05, 0.1) is 24.1 Å². The van der Waals surface area contributed by atoms with Crippen LogP contribution in [0, 0.1) is 5.82 Å². The van der Waals surface area contributed by atoms with E-state index in [2.05, 4.69) is 5.32 Å². The molecule has 0 bridgehead atoms. The van der Waals surface area contributed by atoms with Crippen LogP contribution in [0.2, 0.25) is 5.02 Å². The van der Waals surface area contributed by atoms with Gasteiger partial charge in [-0.05, 0) is 53.7 Å². The Bertz CT molecular complexity index is 1060. The molecule has 1 aliphatic heterocycles. The molecule has 0 atom stereocenters. The molecule has 1 aliphatic rings. The second kappa shape index (κ2) is 9.19. The average Bonchev–Trinajstić information content (AvgIpc) is 2.98. The van der Waals surface area contributed by atoms with Crippen molar-refractivity contribution in [1.29, 1.82) is 0 Å². The molecule has 0 unspecified atom stereocenters. The fraction of sp³-hybridized carbons (Fsp3) is 0.150. The first-order valence-electron chi connectivity index (χ1n) is 8.54. The Morgan fingerprint density at radius 2 is 1.90 bits per heavy atom. The molecule has 0 saturated carbocycles. The van der Waals surface area contributed by atoms with Gasteiger partial charge in [0.2, 0.25) is 5.91 Å². The van der Waals surface area contributed by atoms with Gasteiger partial charge in [-0.15, -0.1) is 0 Å². The molecule has 0 aliphatic carbocycles. The summed E-state index contributed by atoms with van der Waals surface area (Å²) in [6.07, 6.45) is 1.53. The monoisotopic (exact) mass is 450 g/mol. The molecule has 2 aromatic rings. The number of carbonyl (C=O) groups is 3. The molecular formula is C20H16ClFN2O5S. The molecule has 156 valence electrons. The Balaban J connectivity index is 1.72. The second-order valence-corrected chi connectivity index (χ2v) is 7.46. The van der Waals surface area contributed by atoms with Crippen molar-refractivity contribution in [2.45, 2.75) is 0 Å². The highest BCUT2D eigenvalue weighted by molar-refractivity contribution is 8.18. The molecule has 0 spiro atoms. The molecule has 0 radical (unpaired) electrons. The van der Waals surface area contributed by atoms with Crippen molar-refractivity contribution in [3.63, 3.8) is 0 Å². The van der Waals surface area contributed by atoms with Crippen molar-refractivity contribution in [3.8, 4) is 11.5 Å². The molecule has 1 heterocycles. The number of imide groups is 1. The molecule has 1 fully saturated rings. The minimum absolute atomic E-state index is 0.156. The number of thioether (sulfide) groups is 1. The lowest BCUT2D eigenvalue weighted by atomic mass is 10.2. The number of anilines is 1. The summed E-state index contributed by atoms with van der Waals surface area (Å²) < 4.78 is 23.6. The summed E-state index contributed by atoms with van der Waals surface area (Å²) in [5, 5.41) is 1.75. The van der Waals surface area contributed by atoms with E-state index in [0.717, 1.165) is 22.7 Å². The van der Waals surface area contributed by atoms with Gasteiger partial charge in [-0.25, -0.2) is 4.39 Å². The van der Waals surface area contributed by atoms with E-state index in [-0.39, 0.29) is 15.6 Å². The maximum Gasteiger partial charge on any atom is 0.294 e. The van der Waals surface area contributed by atoms with E-state index in [1.54, 1.807) is 18.2 Å². The van der Waals surface area contributed by atoms with Crippen LogP contribution in [0.25, 0.3) is 6.08 Å². The highest BCUT2D eigenvalue weighted by atomic mass is 35.5. The second-order valence-electron chi connectivity index (χ2n) is 6.06. The van der Waals surface area contributed by atoms with Crippen molar-refractivity contribution in [1.82, 2.24) is 4.90 Å². The molecule has 3 amide bonds. The molecule has 7 nitrogen and oxygen atoms in total. The number of carbonyl (C=O) groups excluding carboxylic acids is 3. The topological polar surface area (TPSA) is 84.9 Å². The van der Waals surface area contributed by atoms with Crippen LogP contribution >= 0.6 is 23.4 Å². The number of hydrogen-bond acceptors (Lipinski definition) is 6. The third-order valence-electron chi connectivity index (χ3n) is 4.08. The van der Waals surface area contributed by atoms with Crippen LogP contribution in [0.15, 0.2) is 41.3 Å². The number of amides is 3. The van der Waals surface area contributed by atoms with Gasteiger partial charge in [0.15, 0.2) is 11.5 Å². The van der Waals surface area contributed by atoms with E-state index in [1.165, 1.54) is 32.4 Å². The fourth-order valence-corrected chi connectivity index (χ4v) is 3.67. The summed E-state index contributed by atoms with van der Waals surface area (Å²) in [7, 11) is 3.00. The number of nitrogens with zero attached hydrogens (tertiary/aromatic N) is 1. The number of nitrogens with one attached hydrogen (secondary N) is 1. The van der Waals surface area contributed by atoms with Crippen LogP contribution in [-0.4, -0.2) is 42.7 Å². The molecule has 30 heavy (non-hydrogen) atoms. The third kappa shape index (κ3) is 4.74. The minimum Gasteiger partial charge on any atom is -0.493 e. The predicted octanol–water partition coefficient (Wildman–Crippen LogP) is 4.17. The Labute approximate surface area is 180 Å². The zero-order valence-electron chi connectivity index (χ0n) is 15.9. The van der Waals surface area contributed by atoms with Crippen molar-refractivity contribution < 1.29 is 28.2 Å². The van der Waals surface area contributed by atoms with Gasteiger partial charge < -0.3 is 14.8 Å². The average molecular weight is 451 g/mol. The van der Waals surface area contributed by atoms with Crippen molar-refractivity contribution in [3.05, 3.63) is 57.7 Å². The van der Waals surface area contributed by atoms with Gasteiger partial charge in [-0.3, -0.25) is 19.3 Å². The summed E-state index contributed by atoms with van der Waals surface area (Å²) in [6, 6.07) is 8.71. The molecule has 1 N–H and O–H groups in total. The molecule has 1 saturated heterocycles. The zero-order valence-corrected chi connectivity index (χ0v) is 17.5. The molecular weight excluding hydrogens is 435 g/mol. The predicted molar refractivity (Wildman–Crippen MR) is 112 cm³/mol. The summed E-state index contributed by atoms with van der Waals surface area (Å²) >= 11 is 6.41. The Morgan fingerprint density at radius 3 is 2.57 bits per heavy atom. The zero-order chi connectivity index (χ0) is 21.8. The third-order valence-corrected chi connectivity index (χ3v) is 5.28. The number of ether oxygens (including phenoxy) is 2. The molecule has 2 aromatic carbocycles. The minimum atomic E-state index is -0.624. The summed E-state index contributed by atoms with van der Waals surface area (Å²) in [5.41, 5.74) is 0.878. The van der Waals surface area contributed by atoms with E-state index in [9.17, 15) is 18.8 Å².